The molecule has 20 heavy (non-hydrogen) atoms. The molecule has 3 heteroatoms. The highest BCUT2D eigenvalue weighted by Gasteiger charge is 2.37. The molecule has 0 amide bonds. The second-order valence-electron chi connectivity index (χ2n) is 7.49. The minimum atomic E-state index is 0.429. The van der Waals surface area contributed by atoms with E-state index in [4.69, 9.17) is 4.74 Å². The van der Waals surface area contributed by atoms with Crippen molar-refractivity contribution in [2.24, 2.45) is 17.3 Å². The van der Waals surface area contributed by atoms with E-state index in [2.05, 4.69) is 31.1 Å². The first-order valence-corrected chi connectivity index (χ1v) is 8.48. The molecule has 0 aromatic carbocycles. The van der Waals surface area contributed by atoms with E-state index in [1.807, 2.05) is 7.11 Å². The average Bonchev–Trinajstić information content (AvgIpc) is 2.45. The van der Waals surface area contributed by atoms with Gasteiger partial charge >= 0.3 is 0 Å². The van der Waals surface area contributed by atoms with Gasteiger partial charge in [-0.15, -0.1) is 0 Å². The van der Waals surface area contributed by atoms with Crippen LogP contribution in [0.2, 0.25) is 0 Å². The molecule has 1 aliphatic heterocycles. The molecule has 0 aromatic heterocycles. The Morgan fingerprint density at radius 1 is 1.20 bits per heavy atom. The average molecular weight is 282 g/mol. The van der Waals surface area contributed by atoms with Crippen LogP contribution in [0.4, 0.5) is 0 Å². The van der Waals surface area contributed by atoms with Crippen molar-refractivity contribution < 1.29 is 4.74 Å². The topological polar surface area (TPSA) is 24.5 Å². The molecule has 1 saturated heterocycles. The van der Waals surface area contributed by atoms with Gasteiger partial charge in [0, 0.05) is 26.7 Å². The van der Waals surface area contributed by atoms with Crippen LogP contribution in [0.25, 0.3) is 0 Å². The summed E-state index contributed by atoms with van der Waals surface area (Å²) in [5.41, 5.74) is 0.500. The predicted molar refractivity (Wildman–Crippen MR) is 85.0 cm³/mol. The van der Waals surface area contributed by atoms with Crippen LogP contribution in [-0.2, 0) is 4.74 Å². The number of piperidine rings is 1. The molecule has 0 bridgehead atoms. The monoisotopic (exact) mass is 282 g/mol. The van der Waals surface area contributed by atoms with E-state index in [0.29, 0.717) is 17.4 Å². The van der Waals surface area contributed by atoms with Gasteiger partial charge in [0.2, 0.25) is 0 Å². The largest absolute Gasteiger partial charge is 0.380 e. The van der Waals surface area contributed by atoms with Crippen molar-refractivity contribution in [3.05, 3.63) is 0 Å². The molecule has 1 saturated carbocycles. The number of likely N-dealkylation sites (tertiary alicyclic amines) is 1. The highest BCUT2D eigenvalue weighted by molar-refractivity contribution is 4.91. The standard InChI is InChI=1S/C17H34N2O/c1-14-5-8-17(9-6-14,12-18-3)13-19-10-7-15(2)16(11-19)20-4/h14-16,18H,5-13H2,1-4H3. The van der Waals surface area contributed by atoms with Crippen LogP contribution in [0.5, 0.6) is 0 Å². The van der Waals surface area contributed by atoms with Gasteiger partial charge in [0.1, 0.15) is 0 Å². The zero-order valence-electron chi connectivity index (χ0n) is 14.0. The Balaban J connectivity index is 1.94. The maximum Gasteiger partial charge on any atom is 0.0724 e. The van der Waals surface area contributed by atoms with Crippen LogP contribution in [0.15, 0.2) is 0 Å². The molecule has 1 heterocycles. The molecule has 0 aromatic rings. The summed E-state index contributed by atoms with van der Waals surface area (Å²) in [4.78, 5) is 2.67. The lowest BCUT2D eigenvalue weighted by atomic mass is 9.70. The molecule has 1 aliphatic carbocycles. The fourth-order valence-electron chi connectivity index (χ4n) is 4.16. The van der Waals surface area contributed by atoms with Crippen LogP contribution in [0.3, 0.4) is 0 Å². The first-order valence-electron chi connectivity index (χ1n) is 8.48. The SMILES string of the molecule is CNCC1(CN2CCC(C)C(OC)C2)CCC(C)CC1. The van der Waals surface area contributed by atoms with Crippen molar-refractivity contribution >= 4 is 0 Å². The lowest BCUT2D eigenvalue weighted by Crippen LogP contribution is -2.51. The fraction of sp³-hybridized carbons (Fsp3) is 1.00. The lowest BCUT2D eigenvalue weighted by Gasteiger charge is -2.45. The Kier molecular flexibility index (Phi) is 5.88. The first kappa shape index (κ1) is 16.3. The van der Waals surface area contributed by atoms with E-state index in [0.717, 1.165) is 12.5 Å². The number of nitrogens with one attached hydrogen (secondary N) is 1. The number of rotatable bonds is 5. The van der Waals surface area contributed by atoms with Crippen molar-refractivity contribution in [3.63, 3.8) is 0 Å². The summed E-state index contributed by atoms with van der Waals surface area (Å²) < 4.78 is 5.68. The third-order valence-corrected chi connectivity index (χ3v) is 5.72. The van der Waals surface area contributed by atoms with Gasteiger partial charge in [0.25, 0.3) is 0 Å². The Hall–Kier alpha value is -0.120. The van der Waals surface area contributed by atoms with Gasteiger partial charge in [-0.2, -0.15) is 0 Å². The van der Waals surface area contributed by atoms with Crippen LogP contribution < -0.4 is 5.32 Å². The van der Waals surface area contributed by atoms with Gasteiger partial charge in [0.15, 0.2) is 0 Å². The first-order chi connectivity index (χ1) is 9.58. The lowest BCUT2D eigenvalue weighted by molar-refractivity contribution is -0.0243. The maximum atomic E-state index is 5.68. The summed E-state index contributed by atoms with van der Waals surface area (Å²) in [7, 11) is 3.98. The maximum absolute atomic E-state index is 5.68. The van der Waals surface area contributed by atoms with Gasteiger partial charge in [-0.25, -0.2) is 0 Å². The fourth-order valence-corrected chi connectivity index (χ4v) is 4.16. The van der Waals surface area contributed by atoms with Crippen molar-refractivity contribution in [3.8, 4) is 0 Å². The zero-order valence-corrected chi connectivity index (χ0v) is 14.0. The van der Waals surface area contributed by atoms with E-state index in [1.165, 1.54) is 51.7 Å². The van der Waals surface area contributed by atoms with Crippen LogP contribution in [-0.4, -0.2) is 51.3 Å². The molecule has 2 rings (SSSR count). The quantitative estimate of drug-likeness (QED) is 0.839. The molecule has 118 valence electrons. The summed E-state index contributed by atoms with van der Waals surface area (Å²) >= 11 is 0. The van der Waals surface area contributed by atoms with Crippen molar-refractivity contribution in [2.45, 2.75) is 52.1 Å². The number of hydrogen-bond donors (Lipinski definition) is 1. The summed E-state index contributed by atoms with van der Waals surface area (Å²) in [6, 6.07) is 0. The molecule has 2 unspecified atom stereocenters. The minimum Gasteiger partial charge on any atom is -0.380 e. The third kappa shape index (κ3) is 3.96. The molecule has 1 N–H and O–H groups in total. The van der Waals surface area contributed by atoms with E-state index in [-0.39, 0.29) is 0 Å². The second-order valence-corrected chi connectivity index (χ2v) is 7.49. The van der Waals surface area contributed by atoms with Gasteiger partial charge < -0.3 is 15.0 Å². The summed E-state index contributed by atoms with van der Waals surface area (Å²) in [6.45, 7) is 9.54. The third-order valence-electron chi connectivity index (χ3n) is 5.72. The molecule has 2 aliphatic rings. The predicted octanol–water partition coefficient (Wildman–Crippen LogP) is 2.76. The van der Waals surface area contributed by atoms with Gasteiger partial charge in [0.05, 0.1) is 6.10 Å². The molecule has 0 spiro atoms. The van der Waals surface area contributed by atoms with Gasteiger partial charge in [-0.05, 0) is 50.1 Å². The van der Waals surface area contributed by atoms with E-state index in [9.17, 15) is 0 Å². The minimum absolute atomic E-state index is 0.429. The number of methoxy groups -OCH3 is 1. The second kappa shape index (κ2) is 7.24. The number of nitrogens with zero attached hydrogens (tertiary/aromatic N) is 1. The smallest absolute Gasteiger partial charge is 0.0724 e. The van der Waals surface area contributed by atoms with Gasteiger partial charge in [-0.1, -0.05) is 26.7 Å². The summed E-state index contributed by atoms with van der Waals surface area (Å²) in [5, 5.41) is 3.46. The number of hydrogen-bond acceptors (Lipinski definition) is 3. The zero-order chi connectivity index (χ0) is 14.6. The molecule has 2 fully saturated rings. The van der Waals surface area contributed by atoms with E-state index in [1.54, 1.807) is 0 Å². The molecule has 3 nitrogen and oxygen atoms in total. The normalized spacial score (nSPS) is 39.9. The molecular weight excluding hydrogens is 248 g/mol. The van der Waals surface area contributed by atoms with Crippen molar-refractivity contribution in [2.75, 3.05) is 40.3 Å². The molecule has 0 radical (unpaired) electrons. The van der Waals surface area contributed by atoms with Crippen LogP contribution in [0.1, 0.15) is 46.0 Å². The van der Waals surface area contributed by atoms with Crippen LogP contribution in [0, 0.1) is 17.3 Å². The Morgan fingerprint density at radius 3 is 2.50 bits per heavy atom. The molecule has 2 atom stereocenters. The van der Waals surface area contributed by atoms with E-state index < -0.39 is 0 Å². The van der Waals surface area contributed by atoms with Gasteiger partial charge in [-0.3, -0.25) is 0 Å². The highest BCUT2D eigenvalue weighted by Crippen LogP contribution is 2.39. The van der Waals surface area contributed by atoms with Crippen molar-refractivity contribution in [1.29, 1.82) is 0 Å². The Bertz CT molecular complexity index is 287. The van der Waals surface area contributed by atoms with Crippen LogP contribution >= 0.6 is 0 Å². The Morgan fingerprint density at radius 2 is 1.90 bits per heavy atom. The number of ether oxygens (including phenoxy) is 1. The summed E-state index contributed by atoms with van der Waals surface area (Å²) in [5.74, 6) is 1.64. The molecular formula is C17H34N2O. The Labute approximate surface area is 125 Å². The van der Waals surface area contributed by atoms with Crippen molar-refractivity contribution in [1.82, 2.24) is 10.2 Å². The highest BCUT2D eigenvalue weighted by atomic mass is 16.5. The summed E-state index contributed by atoms with van der Waals surface area (Å²) in [6.07, 6.45) is 7.29. The van der Waals surface area contributed by atoms with E-state index >= 15 is 0 Å².